The van der Waals surface area contributed by atoms with E-state index in [1.165, 1.54) is 5.56 Å². The van der Waals surface area contributed by atoms with Crippen molar-refractivity contribution in [2.24, 2.45) is 5.73 Å². The summed E-state index contributed by atoms with van der Waals surface area (Å²) in [6.45, 7) is 2.00. The molecule has 1 heterocycles. The van der Waals surface area contributed by atoms with Gasteiger partial charge in [0.25, 0.3) is 0 Å². The van der Waals surface area contributed by atoms with E-state index >= 15 is 0 Å². The van der Waals surface area contributed by atoms with E-state index in [0.29, 0.717) is 19.8 Å². The molecule has 3 nitrogen and oxygen atoms in total. The summed E-state index contributed by atoms with van der Waals surface area (Å²) >= 11 is 0. The number of aryl methyl sites for hydroxylation is 1. The van der Waals surface area contributed by atoms with Crippen LogP contribution in [0.2, 0.25) is 0 Å². The summed E-state index contributed by atoms with van der Waals surface area (Å²) in [5.41, 5.74) is 7.42. The number of nitrogens with two attached hydrogens (primary N) is 1. The third kappa shape index (κ3) is 3.30. The van der Waals surface area contributed by atoms with Crippen molar-refractivity contribution in [3.8, 4) is 0 Å². The first-order valence-corrected chi connectivity index (χ1v) is 5.85. The lowest BCUT2D eigenvalue weighted by molar-refractivity contribution is -0.0975. The fourth-order valence-corrected chi connectivity index (χ4v) is 1.92. The van der Waals surface area contributed by atoms with Crippen LogP contribution in [0.4, 0.5) is 0 Å². The summed E-state index contributed by atoms with van der Waals surface area (Å²) < 4.78 is 10.9. The Morgan fingerprint density at radius 2 is 2.06 bits per heavy atom. The molecule has 0 aliphatic carbocycles. The molecule has 2 atom stereocenters. The monoisotopic (exact) mass is 221 g/mol. The number of hydrogen-bond acceptors (Lipinski definition) is 3. The maximum atomic E-state index is 6.09. The number of rotatable bonds is 4. The highest BCUT2D eigenvalue weighted by atomic mass is 16.6. The molecule has 0 radical (unpaired) electrons. The maximum Gasteiger partial charge on any atom is 0.0960 e. The minimum absolute atomic E-state index is 0.0671. The normalized spacial score (nSPS) is 22.9. The van der Waals surface area contributed by atoms with Crippen LogP contribution in [0, 0.1) is 0 Å². The van der Waals surface area contributed by atoms with Gasteiger partial charge in [-0.05, 0) is 18.4 Å². The Morgan fingerprint density at radius 1 is 1.25 bits per heavy atom. The SMILES string of the molecule is NC(CCc1ccccc1)C1COCCO1. The molecule has 2 N–H and O–H groups in total. The highest BCUT2D eigenvalue weighted by Gasteiger charge is 2.21. The van der Waals surface area contributed by atoms with Crippen molar-refractivity contribution in [1.82, 2.24) is 0 Å². The van der Waals surface area contributed by atoms with E-state index < -0.39 is 0 Å². The molecule has 2 rings (SSSR count). The van der Waals surface area contributed by atoms with Gasteiger partial charge in [-0.2, -0.15) is 0 Å². The first-order chi connectivity index (χ1) is 7.86. The number of benzene rings is 1. The van der Waals surface area contributed by atoms with Crippen LogP contribution in [0.25, 0.3) is 0 Å². The van der Waals surface area contributed by atoms with E-state index in [-0.39, 0.29) is 12.1 Å². The molecule has 1 fully saturated rings. The van der Waals surface area contributed by atoms with Crippen LogP contribution >= 0.6 is 0 Å². The molecule has 3 heteroatoms. The van der Waals surface area contributed by atoms with Gasteiger partial charge in [0.05, 0.1) is 25.9 Å². The van der Waals surface area contributed by atoms with E-state index in [0.717, 1.165) is 12.8 Å². The molecule has 1 aliphatic heterocycles. The first kappa shape index (κ1) is 11.6. The quantitative estimate of drug-likeness (QED) is 0.835. The molecule has 1 aliphatic rings. The highest BCUT2D eigenvalue weighted by molar-refractivity contribution is 5.14. The molecule has 16 heavy (non-hydrogen) atoms. The van der Waals surface area contributed by atoms with Crippen LogP contribution < -0.4 is 5.73 Å². The summed E-state index contributed by atoms with van der Waals surface area (Å²) in [5.74, 6) is 0. The third-order valence-corrected chi connectivity index (χ3v) is 2.93. The lowest BCUT2D eigenvalue weighted by Crippen LogP contribution is -2.43. The second-order valence-electron chi connectivity index (χ2n) is 4.17. The molecule has 0 bridgehead atoms. The molecule has 1 aromatic rings. The Kier molecular flexibility index (Phi) is 4.34. The Hall–Kier alpha value is -0.900. The zero-order valence-corrected chi connectivity index (χ0v) is 9.47. The average Bonchev–Trinajstić information content (AvgIpc) is 2.38. The van der Waals surface area contributed by atoms with Crippen molar-refractivity contribution in [3.05, 3.63) is 35.9 Å². The van der Waals surface area contributed by atoms with Crippen molar-refractivity contribution in [2.75, 3.05) is 19.8 Å². The summed E-state index contributed by atoms with van der Waals surface area (Å²) in [5, 5.41) is 0. The summed E-state index contributed by atoms with van der Waals surface area (Å²) in [4.78, 5) is 0. The zero-order valence-electron chi connectivity index (χ0n) is 9.47. The van der Waals surface area contributed by atoms with Crippen LogP contribution in [0.5, 0.6) is 0 Å². The zero-order chi connectivity index (χ0) is 11.2. The van der Waals surface area contributed by atoms with E-state index in [4.69, 9.17) is 15.2 Å². The minimum atomic E-state index is 0.0671. The van der Waals surface area contributed by atoms with Crippen LogP contribution in [-0.2, 0) is 15.9 Å². The van der Waals surface area contributed by atoms with Gasteiger partial charge in [0.2, 0.25) is 0 Å². The van der Waals surface area contributed by atoms with Crippen LogP contribution in [0.15, 0.2) is 30.3 Å². The van der Waals surface area contributed by atoms with Gasteiger partial charge in [-0.15, -0.1) is 0 Å². The lowest BCUT2D eigenvalue weighted by atomic mass is 10.0. The van der Waals surface area contributed by atoms with Crippen molar-refractivity contribution in [3.63, 3.8) is 0 Å². The van der Waals surface area contributed by atoms with Gasteiger partial charge in [-0.1, -0.05) is 30.3 Å². The fourth-order valence-electron chi connectivity index (χ4n) is 1.92. The number of ether oxygens (including phenoxy) is 2. The molecule has 0 aromatic heterocycles. The van der Waals surface area contributed by atoms with E-state index in [1.54, 1.807) is 0 Å². The summed E-state index contributed by atoms with van der Waals surface area (Å²) in [7, 11) is 0. The Labute approximate surface area is 96.5 Å². The predicted molar refractivity (Wildman–Crippen MR) is 63.3 cm³/mol. The molecule has 1 aromatic carbocycles. The van der Waals surface area contributed by atoms with Gasteiger partial charge in [0.1, 0.15) is 0 Å². The topological polar surface area (TPSA) is 44.5 Å². The Bertz CT molecular complexity index is 296. The van der Waals surface area contributed by atoms with Gasteiger partial charge in [-0.25, -0.2) is 0 Å². The second-order valence-corrected chi connectivity index (χ2v) is 4.17. The lowest BCUT2D eigenvalue weighted by Gasteiger charge is -2.27. The molecule has 1 saturated heterocycles. The smallest absolute Gasteiger partial charge is 0.0960 e. The highest BCUT2D eigenvalue weighted by Crippen LogP contribution is 2.10. The molecule has 0 spiro atoms. The molecule has 0 saturated carbocycles. The van der Waals surface area contributed by atoms with E-state index in [2.05, 4.69) is 24.3 Å². The van der Waals surface area contributed by atoms with Crippen molar-refractivity contribution >= 4 is 0 Å². The molecule has 2 unspecified atom stereocenters. The van der Waals surface area contributed by atoms with Crippen molar-refractivity contribution in [2.45, 2.75) is 25.0 Å². The third-order valence-electron chi connectivity index (χ3n) is 2.93. The molecule has 0 amide bonds. The van der Waals surface area contributed by atoms with Gasteiger partial charge in [-0.3, -0.25) is 0 Å². The minimum Gasteiger partial charge on any atom is -0.376 e. The number of hydrogen-bond donors (Lipinski definition) is 1. The molecular weight excluding hydrogens is 202 g/mol. The van der Waals surface area contributed by atoms with Crippen LogP contribution in [-0.4, -0.2) is 32.0 Å². The second kappa shape index (κ2) is 5.99. The largest absolute Gasteiger partial charge is 0.376 e. The average molecular weight is 221 g/mol. The van der Waals surface area contributed by atoms with Gasteiger partial charge >= 0.3 is 0 Å². The fraction of sp³-hybridized carbons (Fsp3) is 0.538. The maximum absolute atomic E-state index is 6.09. The van der Waals surface area contributed by atoms with Gasteiger partial charge in [0.15, 0.2) is 0 Å². The standard InChI is InChI=1S/C13H19NO2/c14-12(13-10-15-8-9-16-13)7-6-11-4-2-1-3-5-11/h1-5,12-13H,6-10,14H2. The van der Waals surface area contributed by atoms with Gasteiger partial charge in [0, 0.05) is 6.04 Å². The summed E-state index contributed by atoms with van der Waals surface area (Å²) in [6, 6.07) is 10.5. The Morgan fingerprint density at radius 3 is 2.75 bits per heavy atom. The van der Waals surface area contributed by atoms with Crippen LogP contribution in [0.1, 0.15) is 12.0 Å². The van der Waals surface area contributed by atoms with Crippen molar-refractivity contribution < 1.29 is 9.47 Å². The van der Waals surface area contributed by atoms with Crippen LogP contribution in [0.3, 0.4) is 0 Å². The predicted octanol–water partition coefficient (Wildman–Crippen LogP) is 1.36. The van der Waals surface area contributed by atoms with Crippen molar-refractivity contribution in [1.29, 1.82) is 0 Å². The Balaban J connectivity index is 1.76. The molecular formula is C13H19NO2. The van der Waals surface area contributed by atoms with Gasteiger partial charge < -0.3 is 15.2 Å². The summed E-state index contributed by atoms with van der Waals surface area (Å²) in [6.07, 6.45) is 2.01. The van der Waals surface area contributed by atoms with E-state index in [1.807, 2.05) is 6.07 Å². The first-order valence-electron chi connectivity index (χ1n) is 5.85. The molecule has 88 valence electrons. The van der Waals surface area contributed by atoms with E-state index in [9.17, 15) is 0 Å².